The second-order valence-corrected chi connectivity index (χ2v) is 6.71. The van der Waals surface area contributed by atoms with Crippen LogP contribution in [0.15, 0.2) is 51.6 Å². The monoisotopic (exact) mass is 375 g/mol. The molecule has 0 aliphatic heterocycles. The van der Waals surface area contributed by atoms with Crippen molar-refractivity contribution in [2.45, 2.75) is 0 Å². The molecule has 3 aromatic heterocycles. The first-order chi connectivity index (χ1) is 10.7. The smallest absolute Gasteiger partial charge is 0.276 e. The van der Waals surface area contributed by atoms with Gasteiger partial charge in [-0.2, -0.15) is 10.2 Å². The minimum Gasteiger partial charge on any atom is -0.276 e. The van der Waals surface area contributed by atoms with E-state index >= 15 is 0 Å². The molecule has 0 fully saturated rings. The summed E-state index contributed by atoms with van der Waals surface area (Å²) >= 11 is 4.96. The number of carbonyl (C=O) groups excluding carboxylic acids is 1. The van der Waals surface area contributed by atoms with Crippen molar-refractivity contribution in [1.29, 1.82) is 0 Å². The Labute approximate surface area is 138 Å². The molecule has 22 heavy (non-hydrogen) atoms. The number of thiophene rings is 1. The lowest BCUT2D eigenvalue weighted by molar-refractivity contribution is 0.0950. The minimum absolute atomic E-state index is 0.284. The van der Waals surface area contributed by atoms with Gasteiger partial charge >= 0.3 is 0 Å². The Morgan fingerprint density at radius 1 is 1.32 bits per heavy atom. The molecule has 6 nitrogen and oxygen atoms in total. The predicted molar refractivity (Wildman–Crippen MR) is 88.9 cm³/mol. The van der Waals surface area contributed by atoms with Gasteiger partial charge in [0.2, 0.25) is 0 Å². The highest BCUT2D eigenvalue weighted by Gasteiger charge is 2.11. The van der Waals surface area contributed by atoms with Crippen molar-refractivity contribution in [2.24, 2.45) is 5.10 Å². The topological polar surface area (TPSA) is 83.0 Å². The number of hydrazone groups is 1. The number of aromatic nitrogens is 3. The van der Waals surface area contributed by atoms with Crippen LogP contribution in [0.4, 0.5) is 0 Å². The first-order valence-electron chi connectivity index (χ1n) is 6.27. The zero-order valence-electron chi connectivity index (χ0n) is 11.2. The molecule has 0 aliphatic rings. The Morgan fingerprint density at radius 2 is 2.14 bits per heavy atom. The normalized spacial score (nSPS) is 11.0. The van der Waals surface area contributed by atoms with Crippen molar-refractivity contribution < 1.29 is 4.79 Å². The summed E-state index contributed by atoms with van der Waals surface area (Å²) in [6, 6.07) is 9.16. The van der Waals surface area contributed by atoms with Crippen molar-refractivity contribution >= 4 is 39.4 Å². The highest BCUT2D eigenvalue weighted by atomic mass is 79.9. The summed E-state index contributed by atoms with van der Waals surface area (Å²) in [6.07, 6.45) is 4.86. The van der Waals surface area contributed by atoms with E-state index in [-0.39, 0.29) is 11.6 Å². The van der Waals surface area contributed by atoms with Gasteiger partial charge in [0.1, 0.15) is 0 Å². The fourth-order valence-electron chi connectivity index (χ4n) is 1.70. The quantitative estimate of drug-likeness (QED) is 0.542. The van der Waals surface area contributed by atoms with Crippen LogP contribution in [0.1, 0.15) is 16.1 Å². The van der Waals surface area contributed by atoms with Crippen LogP contribution in [-0.2, 0) is 0 Å². The van der Waals surface area contributed by atoms with Crippen molar-refractivity contribution in [1.82, 2.24) is 20.6 Å². The van der Waals surface area contributed by atoms with Crippen molar-refractivity contribution in [2.75, 3.05) is 0 Å². The fourth-order valence-corrected chi connectivity index (χ4v) is 3.05. The number of aromatic amines is 1. The predicted octanol–water partition coefficient (Wildman–Crippen LogP) is 3.06. The van der Waals surface area contributed by atoms with Gasteiger partial charge in [-0.3, -0.25) is 14.9 Å². The molecule has 3 heterocycles. The standard InChI is InChI=1S/C14H10BrN5OS/c15-13-2-1-12(22-13)10-7-11(19-18-10)14(21)20-17-8-9-3-5-16-6-4-9/h1-8H,(H,18,19)(H,20,21). The maximum Gasteiger partial charge on any atom is 0.291 e. The van der Waals surface area contributed by atoms with Crippen LogP contribution in [-0.4, -0.2) is 27.3 Å². The van der Waals surface area contributed by atoms with E-state index in [9.17, 15) is 4.79 Å². The Morgan fingerprint density at radius 3 is 2.86 bits per heavy atom. The van der Waals surface area contributed by atoms with Crippen molar-refractivity contribution in [3.05, 3.63) is 57.8 Å². The molecule has 0 aromatic carbocycles. The summed E-state index contributed by atoms with van der Waals surface area (Å²) < 4.78 is 1.02. The lowest BCUT2D eigenvalue weighted by Gasteiger charge is -1.94. The molecular weight excluding hydrogens is 366 g/mol. The Balaban J connectivity index is 1.66. The molecule has 110 valence electrons. The Kier molecular flexibility index (Phi) is 4.40. The van der Waals surface area contributed by atoms with Crippen LogP contribution in [0.5, 0.6) is 0 Å². The molecule has 0 unspecified atom stereocenters. The van der Waals surface area contributed by atoms with Gasteiger partial charge < -0.3 is 0 Å². The number of halogens is 1. The molecule has 0 bridgehead atoms. The second-order valence-electron chi connectivity index (χ2n) is 4.25. The first kappa shape index (κ1) is 14.6. The number of hydrogen-bond acceptors (Lipinski definition) is 5. The third-order valence-electron chi connectivity index (χ3n) is 2.73. The number of nitrogens with zero attached hydrogens (tertiary/aromatic N) is 3. The fraction of sp³-hybridized carbons (Fsp3) is 0. The molecule has 0 saturated heterocycles. The summed E-state index contributed by atoms with van der Waals surface area (Å²) in [5.74, 6) is -0.372. The molecule has 3 aromatic rings. The van der Waals surface area contributed by atoms with E-state index in [0.717, 1.165) is 19.9 Å². The minimum atomic E-state index is -0.372. The van der Waals surface area contributed by atoms with Crippen LogP contribution >= 0.6 is 27.3 Å². The van der Waals surface area contributed by atoms with Gasteiger partial charge in [-0.1, -0.05) is 0 Å². The number of rotatable bonds is 4. The number of H-pyrrole nitrogens is 1. The van der Waals surface area contributed by atoms with Crippen molar-refractivity contribution in [3.8, 4) is 10.6 Å². The molecule has 0 atom stereocenters. The van der Waals surface area contributed by atoms with Gasteiger partial charge in [0.15, 0.2) is 5.69 Å². The molecular formula is C14H10BrN5OS. The van der Waals surface area contributed by atoms with Crippen LogP contribution in [0.3, 0.4) is 0 Å². The third kappa shape index (κ3) is 3.46. The molecule has 2 N–H and O–H groups in total. The van der Waals surface area contributed by atoms with Gasteiger partial charge in [-0.15, -0.1) is 11.3 Å². The average Bonchev–Trinajstić information content (AvgIpc) is 3.17. The van der Waals surface area contributed by atoms with E-state index < -0.39 is 0 Å². The summed E-state index contributed by atoms with van der Waals surface area (Å²) in [4.78, 5) is 16.9. The number of amides is 1. The van der Waals surface area contributed by atoms with E-state index in [4.69, 9.17) is 0 Å². The number of hydrogen-bond donors (Lipinski definition) is 2. The zero-order valence-corrected chi connectivity index (χ0v) is 13.6. The lowest BCUT2D eigenvalue weighted by Crippen LogP contribution is -2.17. The molecule has 0 aliphatic carbocycles. The summed E-state index contributed by atoms with van der Waals surface area (Å²) in [5, 5.41) is 10.7. The number of nitrogens with one attached hydrogen (secondary N) is 2. The van der Waals surface area contributed by atoms with Gasteiger partial charge in [0.05, 0.1) is 20.6 Å². The number of carbonyl (C=O) groups is 1. The Hall–Kier alpha value is -2.32. The van der Waals surface area contributed by atoms with E-state index in [2.05, 4.69) is 41.6 Å². The van der Waals surface area contributed by atoms with Gasteiger partial charge in [-0.05, 0) is 51.8 Å². The van der Waals surface area contributed by atoms with E-state index in [1.807, 2.05) is 12.1 Å². The first-order valence-corrected chi connectivity index (χ1v) is 7.88. The summed E-state index contributed by atoms with van der Waals surface area (Å²) in [5.41, 5.74) is 4.36. The van der Waals surface area contributed by atoms with E-state index in [1.165, 1.54) is 0 Å². The van der Waals surface area contributed by atoms with Crippen LogP contribution in [0, 0.1) is 0 Å². The second kappa shape index (κ2) is 6.63. The number of pyridine rings is 1. The highest BCUT2D eigenvalue weighted by Crippen LogP contribution is 2.30. The van der Waals surface area contributed by atoms with Crippen LogP contribution in [0.25, 0.3) is 10.6 Å². The lowest BCUT2D eigenvalue weighted by atomic mass is 10.3. The third-order valence-corrected chi connectivity index (χ3v) is 4.39. The van der Waals surface area contributed by atoms with Crippen LogP contribution < -0.4 is 5.43 Å². The SMILES string of the molecule is O=C(NN=Cc1ccncc1)c1cc(-c2ccc(Br)s2)[nH]n1. The molecule has 8 heteroatoms. The average molecular weight is 376 g/mol. The molecule has 3 rings (SSSR count). The Bertz CT molecular complexity index is 812. The summed E-state index contributed by atoms with van der Waals surface area (Å²) in [7, 11) is 0. The van der Waals surface area contributed by atoms with Gasteiger partial charge in [0.25, 0.3) is 5.91 Å². The maximum atomic E-state index is 12.0. The largest absolute Gasteiger partial charge is 0.291 e. The maximum absolute atomic E-state index is 12.0. The summed E-state index contributed by atoms with van der Waals surface area (Å²) in [6.45, 7) is 0. The molecule has 0 spiro atoms. The van der Waals surface area contributed by atoms with E-state index in [1.54, 1.807) is 48.1 Å². The molecule has 1 amide bonds. The van der Waals surface area contributed by atoms with Gasteiger partial charge in [-0.25, -0.2) is 5.43 Å². The highest BCUT2D eigenvalue weighted by molar-refractivity contribution is 9.11. The van der Waals surface area contributed by atoms with Crippen LogP contribution in [0.2, 0.25) is 0 Å². The van der Waals surface area contributed by atoms with Crippen molar-refractivity contribution in [3.63, 3.8) is 0 Å². The zero-order chi connectivity index (χ0) is 15.4. The van der Waals surface area contributed by atoms with E-state index in [0.29, 0.717) is 0 Å². The molecule has 0 radical (unpaired) electrons. The van der Waals surface area contributed by atoms with Gasteiger partial charge in [0, 0.05) is 12.4 Å². The molecule has 0 saturated carbocycles.